The monoisotopic (exact) mass is 247 g/mol. The van der Waals surface area contributed by atoms with Crippen molar-refractivity contribution in [2.24, 2.45) is 0 Å². The molecule has 0 N–H and O–H groups in total. The van der Waals surface area contributed by atoms with E-state index in [2.05, 4.69) is 4.98 Å². The van der Waals surface area contributed by atoms with Crippen molar-refractivity contribution in [2.45, 2.75) is 0 Å². The van der Waals surface area contributed by atoms with Crippen LogP contribution in [0.15, 0.2) is 59.7 Å². The number of hydrogen-bond acceptors (Lipinski definition) is 3. The quantitative estimate of drug-likeness (QED) is 0.662. The Balaban J connectivity index is 2.23. The van der Waals surface area contributed by atoms with Crippen LogP contribution in [0.3, 0.4) is 0 Å². The molecule has 0 aliphatic carbocycles. The summed E-state index contributed by atoms with van der Waals surface area (Å²) in [4.78, 5) is 16.6. The molecule has 0 fully saturated rings. The number of hydrogen-bond donors (Lipinski definition) is 0. The molecule has 0 unspecified atom stereocenters. The topological polar surface area (TPSA) is 58.7 Å². The van der Waals surface area contributed by atoms with Gasteiger partial charge in [-0.15, -0.1) is 0 Å². The highest BCUT2D eigenvalue weighted by Gasteiger charge is 2.04. The largest absolute Gasteiger partial charge is 0.268 e. The maximum absolute atomic E-state index is 12.3. The van der Waals surface area contributed by atoms with E-state index in [-0.39, 0.29) is 5.56 Å². The minimum atomic E-state index is -0.115. The molecule has 0 radical (unpaired) electrons. The Morgan fingerprint density at radius 2 is 1.79 bits per heavy atom. The molecule has 0 spiro atoms. The highest BCUT2D eigenvalue weighted by atomic mass is 16.1. The van der Waals surface area contributed by atoms with Crippen LogP contribution in [0.25, 0.3) is 16.6 Å². The third-order valence-corrected chi connectivity index (χ3v) is 2.94. The third kappa shape index (κ3) is 1.87. The molecule has 19 heavy (non-hydrogen) atoms. The van der Waals surface area contributed by atoms with Crippen LogP contribution in [0.5, 0.6) is 0 Å². The highest BCUT2D eigenvalue weighted by Crippen LogP contribution is 2.10. The first-order valence-electron chi connectivity index (χ1n) is 5.76. The lowest BCUT2D eigenvalue weighted by molar-refractivity contribution is 0.963. The van der Waals surface area contributed by atoms with Gasteiger partial charge in [-0.25, -0.2) is 4.98 Å². The predicted molar refractivity (Wildman–Crippen MR) is 72.1 cm³/mol. The molecule has 0 saturated heterocycles. The maximum atomic E-state index is 12.3. The molecule has 2 aromatic carbocycles. The fraction of sp³-hybridized carbons (Fsp3) is 0. The van der Waals surface area contributed by atoms with Crippen molar-refractivity contribution in [3.63, 3.8) is 0 Å². The normalized spacial score (nSPS) is 10.3. The van der Waals surface area contributed by atoms with Gasteiger partial charge in [-0.2, -0.15) is 5.26 Å². The molecule has 90 valence electrons. The Bertz CT molecular complexity index is 842. The lowest BCUT2D eigenvalue weighted by atomic mass is 10.2. The van der Waals surface area contributed by atoms with Crippen molar-refractivity contribution >= 4 is 10.9 Å². The van der Waals surface area contributed by atoms with E-state index < -0.39 is 0 Å². The average Bonchev–Trinajstić information content (AvgIpc) is 2.48. The van der Waals surface area contributed by atoms with Crippen LogP contribution in [0.1, 0.15) is 5.56 Å². The Morgan fingerprint density at radius 1 is 1.05 bits per heavy atom. The van der Waals surface area contributed by atoms with Crippen LogP contribution in [-0.4, -0.2) is 9.55 Å². The van der Waals surface area contributed by atoms with Crippen molar-refractivity contribution < 1.29 is 0 Å². The van der Waals surface area contributed by atoms with E-state index in [9.17, 15) is 4.79 Å². The summed E-state index contributed by atoms with van der Waals surface area (Å²) in [5.74, 6) is 0. The van der Waals surface area contributed by atoms with Crippen LogP contribution < -0.4 is 5.56 Å². The molecule has 1 aromatic heterocycles. The summed E-state index contributed by atoms with van der Waals surface area (Å²) < 4.78 is 1.48. The molecule has 0 amide bonds. The molecule has 3 aromatic rings. The van der Waals surface area contributed by atoms with Crippen LogP contribution in [0, 0.1) is 11.3 Å². The van der Waals surface area contributed by atoms with Gasteiger partial charge in [0.1, 0.15) is 6.33 Å². The molecular weight excluding hydrogens is 238 g/mol. The molecule has 0 aliphatic rings. The summed E-state index contributed by atoms with van der Waals surface area (Å²) in [6.45, 7) is 0. The molecule has 4 heteroatoms. The summed E-state index contributed by atoms with van der Waals surface area (Å²) in [6.07, 6.45) is 1.51. The average molecular weight is 247 g/mol. The van der Waals surface area contributed by atoms with Gasteiger partial charge in [0.25, 0.3) is 5.56 Å². The summed E-state index contributed by atoms with van der Waals surface area (Å²) in [5, 5.41) is 9.34. The fourth-order valence-electron chi connectivity index (χ4n) is 1.95. The van der Waals surface area contributed by atoms with Gasteiger partial charge in [0.15, 0.2) is 0 Å². The van der Waals surface area contributed by atoms with E-state index in [0.29, 0.717) is 22.2 Å². The Kier molecular flexibility index (Phi) is 2.58. The molecule has 0 atom stereocenters. The Labute approximate surface area is 109 Å². The summed E-state index contributed by atoms with van der Waals surface area (Å²) in [7, 11) is 0. The van der Waals surface area contributed by atoms with Crippen LogP contribution in [0.4, 0.5) is 0 Å². The molecule has 0 saturated carbocycles. The summed E-state index contributed by atoms with van der Waals surface area (Å²) in [5.41, 5.74) is 1.82. The smallest absolute Gasteiger partial charge is 0.265 e. The van der Waals surface area contributed by atoms with E-state index in [1.807, 2.05) is 18.2 Å². The molecular formula is C15H9N3O. The number of fused-ring (bicyclic) bond motifs is 1. The highest BCUT2D eigenvalue weighted by molar-refractivity contribution is 5.77. The number of rotatable bonds is 1. The fourth-order valence-corrected chi connectivity index (χ4v) is 1.95. The van der Waals surface area contributed by atoms with E-state index in [0.717, 1.165) is 0 Å². The van der Waals surface area contributed by atoms with Crippen molar-refractivity contribution in [1.82, 2.24) is 9.55 Å². The second-order valence-corrected chi connectivity index (χ2v) is 4.10. The van der Waals surface area contributed by atoms with Crippen molar-refractivity contribution in [3.8, 4) is 11.8 Å². The van der Waals surface area contributed by atoms with Crippen LogP contribution in [-0.2, 0) is 0 Å². The number of aromatic nitrogens is 2. The number of para-hydroxylation sites is 1. The standard InChI is InChI=1S/C15H9N3O/c16-9-11-5-7-12(8-6-11)18-10-17-14-4-2-1-3-13(14)15(18)19/h1-8,10H. The molecule has 4 nitrogen and oxygen atoms in total. The number of nitriles is 1. The van der Waals surface area contributed by atoms with Crippen LogP contribution in [0.2, 0.25) is 0 Å². The molecule has 0 bridgehead atoms. The second-order valence-electron chi connectivity index (χ2n) is 4.10. The zero-order valence-electron chi connectivity index (χ0n) is 9.95. The van der Waals surface area contributed by atoms with E-state index >= 15 is 0 Å². The van der Waals surface area contributed by atoms with Crippen LogP contribution >= 0.6 is 0 Å². The lowest BCUT2D eigenvalue weighted by Gasteiger charge is -2.06. The predicted octanol–water partition coefficient (Wildman–Crippen LogP) is 2.26. The van der Waals surface area contributed by atoms with Gasteiger partial charge in [0.2, 0.25) is 0 Å². The summed E-state index contributed by atoms with van der Waals surface area (Å²) in [6, 6.07) is 16.1. The Morgan fingerprint density at radius 3 is 2.53 bits per heavy atom. The lowest BCUT2D eigenvalue weighted by Crippen LogP contribution is -2.18. The van der Waals surface area contributed by atoms with Gasteiger partial charge in [0, 0.05) is 0 Å². The number of benzene rings is 2. The molecule has 3 rings (SSSR count). The van der Waals surface area contributed by atoms with Gasteiger partial charge >= 0.3 is 0 Å². The minimum absolute atomic E-state index is 0.115. The first-order valence-corrected chi connectivity index (χ1v) is 5.76. The first kappa shape index (κ1) is 11.2. The zero-order chi connectivity index (χ0) is 13.2. The maximum Gasteiger partial charge on any atom is 0.265 e. The van der Waals surface area contributed by atoms with E-state index in [1.165, 1.54) is 10.9 Å². The second kappa shape index (κ2) is 4.39. The van der Waals surface area contributed by atoms with E-state index in [4.69, 9.17) is 5.26 Å². The van der Waals surface area contributed by atoms with Gasteiger partial charge in [-0.05, 0) is 36.4 Å². The molecule has 1 heterocycles. The van der Waals surface area contributed by atoms with Gasteiger partial charge in [-0.1, -0.05) is 12.1 Å². The van der Waals surface area contributed by atoms with Gasteiger partial charge < -0.3 is 0 Å². The van der Waals surface area contributed by atoms with E-state index in [1.54, 1.807) is 36.4 Å². The SMILES string of the molecule is N#Cc1ccc(-n2cnc3ccccc3c2=O)cc1. The first-order chi connectivity index (χ1) is 9.29. The van der Waals surface area contributed by atoms with Crippen molar-refractivity contribution in [1.29, 1.82) is 5.26 Å². The zero-order valence-corrected chi connectivity index (χ0v) is 9.95. The van der Waals surface area contributed by atoms with Crippen molar-refractivity contribution in [2.75, 3.05) is 0 Å². The van der Waals surface area contributed by atoms with Gasteiger partial charge in [0.05, 0.1) is 28.2 Å². The summed E-state index contributed by atoms with van der Waals surface area (Å²) >= 11 is 0. The third-order valence-electron chi connectivity index (χ3n) is 2.94. The minimum Gasteiger partial charge on any atom is -0.268 e. The van der Waals surface area contributed by atoms with Crippen molar-refractivity contribution in [3.05, 3.63) is 70.8 Å². The Hall–Kier alpha value is -2.93. The van der Waals surface area contributed by atoms with Gasteiger partial charge in [-0.3, -0.25) is 9.36 Å². The number of nitrogens with zero attached hydrogens (tertiary/aromatic N) is 3. The molecule has 0 aliphatic heterocycles.